The summed E-state index contributed by atoms with van der Waals surface area (Å²) in [6, 6.07) is 10.3. The first-order valence-electron chi connectivity index (χ1n) is 9.98. The van der Waals surface area contributed by atoms with Gasteiger partial charge in [0.2, 0.25) is 6.79 Å². The predicted molar refractivity (Wildman–Crippen MR) is 127 cm³/mol. The molecule has 0 aliphatic carbocycles. The van der Waals surface area contributed by atoms with Gasteiger partial charge < -0.3 is 14.4 Å². The smallest absolute Gasteiger partial charge is 0.357 e. The Morgan fingerprint density at radius 3 is 2.61 bits per heavy atom. The minimum absolute atomic E-state index is 0.0809. The molecule has 1 atom stereocenters. The molecule has 0 aromatic heterocycles. The van der Waals surface area contributed by atoms with Crippen molar-refractivity contribution in [2.24, 2.45) is 0 Å². The molecular weight excluding hydrogens is 486 g/mol. The molecule has 2 aliphatic heterocycles. The van der Waals surface area contributed by atoms with Crippen LogP contribution in [-0.4, -0.2) is 51.6 Å². The molecule has 1 fully saturated rings. The molecule has 33 heavy (non-hydrogen) atoms. The lowest BCUT2D eigenvalue weighted by Gasteiger charge is -2.36. The molecule has 0 spiro atoms. The number of fused-ring (bicyclic) bond motifs is 1. The third kappa shape index (κ3) is 4.74. The summed E-state index contributed by atoms with van der Waals surface area (Å²) in [7, 11) is -4.17. The number of hydroxylamine groups is 2. The van der Waals surface area contributed by atoms with Crippen LogP contribution in [0.1, 0.15) is 25.0 Å². The van der Waals surface area contributed by atoms with Gasteiger partial charge in [-0.25, -0.2) is 17.9 Å². The van der Waals surface area contributed by atoms with E-state index in [-0.39, 0.29) is 18.2 Å². The molecule has 2 heterocycles. The Kier molecular flexibility index (Phi) is 6.20. The summed E-state index contributed by atoms with van der Waals surface area (Å²) in [5.74, 6) is 1.24. The maximum Gasteiger partial charge on any atom is 0.357 e. The normalized spacial score (nSPS) is 19.0. The molecule has 2 amide bonds. The van der Waals surface area contributed by atoms with Gasteiger partial charge in [0.05, 0.1) is 9.64 Å². The average Bonchev–Trinajstić information content (AvgIpc) is 3.28. The van der Waals surface area contributed by atoms with E-state index in [1.807, 2.05) is 37.6 Å². The van der Waals surface area contributed by atoms with Crippen LogP contribution in [0.3, 0.4) is 0 Å². The first kappa shape index (κ1) is 23.6. The van der Waals surface area contributed by atoms with Crippen LogP contribution < -0.4 is 14.2 Å². The van der Waals surface area contributed by atoms with Gasteiger partial charge in [0.15, 0.2) is 11.5 Å². The fourth-order valence-corrected chi connectivity index (χ4v) is 6.48. The van der Waals surface area contributed by atoms with Crippen molar-refractivity contribution in [1.29, 1.82) is 0 Å². The molecule has 0 radical (unpaired) electrons. The summed E-state index contributed by atoms with van der Waals surface area (Å²) in [5.41, 5.74) is 1.70. The first-order valence-corrected chi connectivity index (χ1v) is 12.7. The molecule has 2 aromatic rings. The minimum atomic E-state index is -4.17. The molecule has 2 aromatic carbocycles. The van der Waals surface area contributed by atoms with Crippen molar-refractivity contribution < 1.29 is 27.9 Å². The van der Waals surface area contributed by atoms with E-state index in [0.717, 1.165) is 11.1 Å². The number of hydrogen-bond donors (Lipinski definition) is 2. The molecule has 2 N–H and O–H groups in total. The largest absolute Gasteiger partial charge is 0.454 e. The highest BCUT2D eigenvalue weighted by Gasteiger charge is 2.49. The van der Waals surface area contributed by atoms with E-state index in [1.54, 1.807) is 23.1 Å². The Balaban J connectivity index is 1.55. The van der Waals surface area contributed by atoms with Crippen molar-refractivity contribution in [3.8, 4) is 11.5 Å². The third-order valence-corrected chi connectivity index (χ3v) is 8.25. The molecule has 1 saturated heterocycles. The minimum Gasteiger partial charge on any atom is -0.454 e. The monoisotopic (exact) mass is 509 g/mol. The molecule has 0 unspecified atom stereocenters. The van der Waals surface area contributed by atoms with Crippen LogP contribution in [0.5, 0.6) is 11.5 Å². The standard InChI is InChI=1S/C21H23N3O6S3/c1-13-4-7-15(8-5-13)33(27,28)22-19(25)24(26)18-21(2,3)32-20(31)23(18)11-14-6-9-16-17(10-14)30-12-29-16/h4-10,18,26H,11-12H2,1-3H3,(H,22,25)/t18-/m1/s1. The second kappa shape index (κ2) is 8.67. The van der Waals surface area contributed by atoms with Crippen molar-refractivity contribution in [3.63, 3.8) is 0 Å². The quantitative estimate of drug-likeness (QED) is 0.356. The SMILES string of the molecule is Cc1ccc(S(=O)(=O)NC(=O)N(O)[C@H]2N(Cc3ccc4c(c3)OCO4)C(=S)SC2(C)C)cc1. The van der Waals surface area contributed by atoms with Gasteiger partial charge in [-0.3, -0.25) is 5.21 Å². The topological polar surface area (TPSA) is 108 Å². The van der Waals surface area contributed by atoms with Gasteiger partial charge in [-0.1, -0.05) is 47.7 Å². The van der Waals surface area contributed by atoms with Crippen molar-refractivity contribution >= 4 is 44.4 Å². The van der Waals surface area contributed by atoms with Crippen LogP contribution in [0.25, 0.3) is 0 Å². The van der Waals surface area contributed by atoms with Gasteiger partial charge in [-0.05, 0) is 50.6 Å². The molecular formula is C21H23N3O6S3. The molecule has 2 aliphatic rings. The van der Waals surface area contributed by atoms with E-state index < -0.39 is 27.0 Å². The average molecular weight is 510 g/mol. The number of ether oxygens (including phenoxy) is 2. The fourth-order valence-electron chi connectivity index (χ4n) is 3.67. The first-order chi connectivity index (χ1) is 15.5. The van der Waals surface area contributed by atoms with Gasteiger partial charge in [-0.2, -0.15) is 5.06 Å². The van der Waals surface area contributed by atoms with E-state index in [9.17, 15) is 18.4 Å². The fraction of sp³-hybridized carbons (Fsp3) is 0.333. The van der Waals surface area contributed by atoms with Crippen LogP contribution in [0.15, 0.2) is 47.4 Å². The molecule has 9 nitrogen and oxygen atoms in total. The molecule has 0 saturated carbocycles. The van der Waals surface area contributed by atoms with E-state index >= 15 is 0 Å². The summed E-state index contributed by atoms with van der Waals surface area (Å²) in [5, 5.41) is 11.2. The maximum atomic E-state index is 12.8. The summed E-state index contributed by atoms with van der Waals surface area (Å²) in [4.78, 5) is 14.4. The van der Waals surface area contributed by atoms with E-state index in [1.165, 1.54) is 23.9 Å². The number of amides is 2. The van der Waals surface area contributed by atoms with Crippen molar-refractivity contribution in [2.75, 3.05) is 6.79 Å². The van der Waals surface area contributed by atoms with Crippen LogP contribution in [0.2, 0.25) is 0 Å². The van der Waals surface area contributed by atoms with Gasteiger partial charge in [0, 0.05) is 6.54 Å². The van der Waals surface area contributed by atoms with E-state index in [0.29, 0.717) is 20.9 Å². The Morgan fingerprint density at radius 2 is 1.91 bits per heavy atom. The number of rotatable bonds is 5. The van der Waals surface area contributed by atoms with Crippen molar-refractivity contribution in [1.82, 2.24) is 14.7 Å². The lowest BCUT2D eigenvalue weighted by Crippen LogP contribution is -2.57. The molecule has 4 rings (SSSR count). The summed E-state index contributed by atoms with van der Waals surface area (Å²) >= 11 is 6.83. The zero-order valence-corrected chi connectivity index (χ0v) is 20.6. The number of thiocarbonyl (C=S) groups is 1. The number of nitrogens with zero attached hydrogens (tertiary/aromatic N) is 2. The second-order valence-corrected chi connectivity index (χ2v) is 12.2. The van der Waals surface area contributed by atoms with Gasteiger partial charge in [0.25, 0.3) is 10.0 Å². The van der Waals surface area contributed by atoms with Crippen LogP contribution in [-0.2, 0) is 16.6 Å². The van der Waals surface area contributed by atoms with E-state index in [2.05, 4.69) is 0 Å². The summed E-state index contributed by atoms with van der Waals surface area (Å²) in [6.45, 7) is 5.87. The van der Waals surface area contributed by atoms with Gasteiger partial charge in [0.1, 0.15) is 10.5 Å². The number of nitrogens with one attached hydrogen (secondary N) is 1. The zero-order valence-electron chi connectivity index (χ0n) is 18.1. The maximum absolute atomic E-state index is 12.8. The highest BCUT2D eigenvalue weighted by molar-refractivity contribution is 8.24. The lowest BCUT2D eigenvalue weighted by atomic mass is 10.1. The number of carbonyl (C=O) groups excluding carboxylic acids is 1. The number of sulfonamides is 1. The van der Waals surface area contributed by atoms with Crippen molar-refractivity contribution in [3.05, 3.63) is 53.6 Å². The molecule has 0 bridgehead atoms. The summed E-state index contributed by atoms with van der Waals surface area (Å²) < 4.78 is 37.7. The third-order valence-electron chi connectivity index (χ3n) is 5.28. The number of aryl methyl sites for hydroxylation is 1. The number of urea groups is 1. The zero-order chi connectivity index (χ0) is 24.0. The second-order valence-electron chi connectivity index (χ2n) is 8.23. The summed E-state index contributed by atoms with van der Waals surface area (Å²) in [6.07, 6.45) is -0.923. The molecule has 176 valence electrons. The highest BCUT2D eigenvalue weighted by atomic mass is 32.2. The Morgan fingerprint density at radius 1 is 1.24 bits per heavy atom. The number of carbonyl (C=O) groups is 1. The van der Waals surface area contributed by atoms with Crippen LogP contribution in [0, 0.1) is 6.92 Å². The number of hydrogen-bond acceptors (Lipinski definition) is 8. The number of benzene rings is 2. The predicted octanol–water partition coefficient (Wildman–Crippen LogP) is 3.45. The Hall–Kier alpha value is -2.54. The Labute approximate surface area is 201 Å². The van der Waals surface area contributed by atoms with Crippen LogP contribution in [0.4, 0.5) is 4.79 Å². The van der Waals surface area contributed by atoms with E-state index in [4.69, 9.17) is 21.7 Å². The Bertz CT molecular complexity index is 1200. The lowest BCUT2D eigenvalue weighted by molar-refractivity contribution is -0.118. The highest BCUT2D eigenvalue weighted by Crippen LogP contribution is 2.43. The number of thioether (sulfide) groups is 1. The van der Waals surface area contributed by atoms with Gasteiger partial charge >= 0.3 is 6.03 Å². The van der Waals surface area contributed by atoms with Gasteiger partial charge in [-0.15, -0.1) is 0 Å². The van der Waals surface area contributed by atoms with Crippen LogP contribution >= 0.6 is 24.0 Å². The molecule has 12 heteroatoms. The van der Waals surface area contributed by atoms with Crippen molar-refractivity contribution in [2.45, 2.75) is 43.1 Å².